The van der Waals surface area contributed by atoms with E-state index in [9.17, 15) is 5.11 Å². The lowest BCUT2D eigenvalue weighted by atomic mass is 9.94. The van der Waals surface area contributed by atoms with Crippen molar-refractivity contribution in [2.45, 2.75) is 31.7 Å². The average Bonchev–Trinajstić information content (AvgIpc) is 2.62. The summed E-state index contributed by atoms with van der Waals surface area (Å²) >= 11 is 0. The Kier molecular flexibility index (Phi) is 2.46. The van der Waals surface area contributed by atoms with Gasteiger partial charge in [0.2, 0.25) is 0 Å². The molecular formula is C12H17NO. The predicted molar refractivity (Wildman–Crippen MR) is 57.7 cm³/mol. The van der Waals surface area contributed by atoms with E-state index in [1.54, 1.807) is 6.07 Å². The molecular weight excluding hydrogens is 174 g/mol. The maximum absolute atomic E-state index is 9.82. The van der Waals surface area contributed by atoms with E-state index >= 15 is 0 Å². The van der Waals surface area contributed by atoms with Crippen LogP contribution in [0.3, 0.4) is 0 Å². The van der Waals surface area contributed by atoms with Crippen molar-refractivity contribution in [3.63, 3.8) is 0 Å². The molecule has 2 rings (SSSR count). The molecule has 2 atom stereocenters. The summed E-state index contributed by atoms with van der Waals surface area (Å²) < 4.78 is 0. The van der Waals surface area contributed by atoms with Crippen molar-refractivity contribution in [2.75, 3.05) is 7.05 Å². The zero-order valence-corrected chi connectivity index (χ0v) is 8.75. The molecule has 14 heavy (non-hydrogen) atoms. The van der Waals surface area contributed by atoms with E-state index in [0.29, 0.717) is 17.7 Å². The van der Waals surface area contributed by atoms with Crippen molar-refractivity contribution in [1.29, 1.82) is 0 Å². The Bertz CT molecular complexity index is 335. The van der Waals surface area contributed by atoms with Crippen LogP contribution in [0.2, 0.25) is 0 Å². The van der Waals surface area contributed by atoms with Crippen LogP contribution < -0.4 is 5.32 Å². The zero-order valence-electron chi connectivity index (χ0n) is 8.75. The van der Waals surface area contributed by atoms with Crippen molar-refractivity contribution in [3.8, 4) is 5.75 Å². The Morgan fingerprint density at radius 3 is 3.00 bits per heavy atom. The Hall–Kier alpha value is -1.02. The normalized spacial score (nSPS) is 22.0. The summed E-state index contributed by atoms with van der Waals surface area (Å²) in [6.45, 7) is 2.17. The number of aryl methyl sites for hydroxylation is 1. The van der Waals surface area contributed by atoms with Crippen LogP contribution in [0.25, 0.3) is 0 Å². The van der Waals surface area contributed by atoms with Crippen LogP contribution in [-0.4, -0.2) is 18.2 Å². The molecule has 0 aliphatic heterocycles. The first-order valence-corrected chi connectivity index (χ1v) is 5.22. The fourth-order valence-electron chi connectivity index (χ4n) is 2.40. The van der Waals surface area contributed by atoms with Gasteiger partial charge in [-0.25, -0.2) is 0 Å². The van der Waals surface area contributed by atoms with E-state index in [-0.39, 0.29) is 0 Å². The van der Waals surface area contributed by atoms with Crippen molar-refractivity contribution in [1.82, 2.24) is 5.32 Å². The summed E-state index contributed by atoms with van der Waals surface area (Å²) in [7, 11) is 1.97. The van der Waals surface area contributed by atoms with Gasteiger partial charge in [-0.2, -0.15) is 0 Å². The maximum Gasteiger partial charge on any atom is 0.119 e. The van der Waals surface area contributed by atoms with Gasteiger partial charge in [0.25, 0.3) is 0 Å². The lowest BCUT2D eigenvalue weighted by Gasteiger charge is -2.20. The first-order valence-electron chi connectivity index (χ1n) is 5.22. The topological polar surface area (TPSA) is 32.3 Å². The molecule has 0 radical (unpaired) electrons. The number of aromatic hydroxyl groups is 1. The molecule has 1 aliphatic carbocycles. The minimum Gasteiger partial charge on any atom is -0.508 e. The summed E-state index contributed by atoms with van der Waals surface area (Å²) in [4.78, 5) is 0. The van der Waals surface area contributed by atoms with Gasteiger partial charge in [0.1, 0.15) is 5.75 Å². The molecule has 0 heterocycles. The molecule has 76 valence electrons. The third-order valence-electron chi connectivity index (χ3n) is 3.33. The van der Waals surface area contributed by atoms with E-state index in [4.69, 9.17) is 0 Å². The van der Waals surface area contributed by atoms with Crippen molar-refractivity contribution in [2.24, 2.45) is 0 Å². The SMILES string of the molecule is CNC(C)C1CCc2cccc(O)c21. The van der Waals surface area contributed by atoms with Crippen LogP contribution in [0, 0.1) is 0 Å². The fourth-order valence-corrected chi connectivity index (χ4v) is 2.40. The molecule has 1 aromatic rings. The van der Waals surface area contributed by atoms with Crippen molar-refractivity contribution < 1.29 is 5.11 Å². The van der Waals surface area contributed by atoms with Gasteiger partial charge in [0.05, 0.1) is 0 Å². The van der Waals surface area contributed by atoms with E-state index in [0.717, 1.165) is 18.4 Å². The van der Waals surface area contributed by atoms with E-state index < -0.39 is 0 Å². The maximum atomic E-state index is 9.82. The third kappa shape index (κ3) is 1.40. The largest absolute Gasteiger partial charge is 0.508 e. The third-order valence-corrected chi connectivity index (χ3v) is 3.33. The Balaban J connectivity index is 2.38. The molecule has 2 unspecified atom stereocenters. The second-order valence-electron chi connectivity index (χ2n) is 4.07. The van der Waals surface area contributed by atoms with Gasteiger partial charge in [-0.15, -0.1) is 0 Å². The summed E-state index contributed by atoms with van der Waals surface area (Å²) in [6.07, 6.45) is 2.25. The van der Waals surface area contributed by atoms with Crippen LogP contribution in [-0.2, 0) is 6.42 Å². The van der Waals surface area contributed by atoms with Gasteiger partial charge in [-0.3, -0.25) is 0 Å². The number of phenolic OH excluding ortho intramolecular Hbond substituents is 1. The quantitative estimate of drug-likeness (QED) is 0.749. The number of hydrogen-bond donors (Lipinski definition) is 2. The number of hydrogen-bond acceptors (Lipinski definition) is 2. The molecule has 1 aromatic carbocycles. The first-order chi connectivity index (χ1) is 6.74. The predicted octanol–water partition coefficient (Wildman–Crippen LogP) is 2.03. The molecule has 0 saturated carbocycles. The van der Waals surface area contributed by atoms with Gasteiger partial charge >= 0.3 is 0 Å². The number of nitrogens with one attached hydrogen (secondary N) is 1. The van der Waals surface area contributed by atoms with Gasteiger partial charge < -0.3 is 10.4 Å². The van der Waals surface area contributed by atoms with E-state index in [1.807, 2.05) is 13.1 Å². The zero-order chi connectivity index (χ0) is 10.1. The van der Waals surface area contributed by atoms with Crippen LogP contribution in [0.15, 0.2) is 18.2 Å². The monoisotopic (exact) mass is 191 g/mol. The molecule has 1 aliphatic rings. The summed E-state index contributed by atoms with van der Waals surface area (Å²) in [5.41, 5.74) is 2.48. The second-order valence-corrected chi connectivity index (χ2v) is 4.07. The molecule has 0 spiro atoms. The average molecular weight is 191 g/mol. The number of rotatable bonds is 2. The lowest BCUT2D eigenvalue weighted by molar-refractivity contribution is 0.440. The van der Waals surface area contributed by atoms with Gasteiger partial charge in [-0.1, -0.05) is 12.1 Å². The van der Waals surface area contributed by atoms with E-state index in [1.165, 1.54) is 5.56 Å². The molecule has 2 nitrogen and oxygen atoms in total. The molecule has 0 amide bonds. The standard InChI is InChI=1S/C12H17NO/c1-8(13-2)10-7-6-9-4-3-5-11(14)12(9)10/h3-5,8,10,13-14H,6-7H2,1-2H3. The molecule has 0 bridgehead atoms. The minimum absolute atomic E-state index is 0.435. The summed E-state index contributed by atoms with van der Waals surface area (Å²) in [6, 6.07) is 6.28. The van der Waals surface area contributed by atoms with Crippen LogP contribution in [0.4, 0.5) is 0 Å². The van der Waals surface area contributed by atoms with Gasteiger partial charge in [-0.05, 0) is 38.4 Å². The fraction of sp³-hybridized carbons (Fsp3) is 0.500. The number of likely N-dealkylation sites (N-methyl/N-ethyl adjacent to an activating group) is 1. The molecule has 2 heteroatoms. The lowest BCUT2D eigenvalue weighted by Crippen LogP contribution is -2.27. The highest BCUT2D eigenvalue weighted by molar-refractivity contribution is 5.45. The highest BCUT2D eigenvalue weighted by atomic mass is 16.3. The first kappa shape index (κ1) is 9.53. The highest BCUT2D eigenvalue weighted by Gasteiger charge is 2.28. The Morgan fingerprint density at radius 1 is 1.50 bits per heavy atom. The summed E-state index contributed by atoms with van der Waals surface area (Å²) in [5, 5.41) is 13.1. The second kappa shape index (κ2) is 3.62. The van der Waals surface area contributed by atoms with Crippen LogP contribution in [0.5, 0.6) is 5.75 Å². The number of benzene rings is 1. The van der Waals surface area contributed by atoms with Gasteiger partial charge in [0, 0.05) is 17.5 Å². The molecule has 0 fully saturated rings. The molecule has 0 aromatic heterocycles. The Labute approximate surface area is 85.0 Å². The smallest absolute Gasteiger partial charge is 0.119 e. The number of phenols is 1. The van der Waals surface area contributed by atoms with E-state index in [2.05, 4.69) is 18.3 Å². The minimum atomic E-state index is 0.435. The van der Waals surface area contributed by atoms with Crippen molar-refractivity contribution >= 4 is 0 Å². The Morgan fingerprint density at radius 2 is 2.29 bits per heavy atom. The molecule has 0 saturated heterocycles. The number of fused-ring (bicyclic) bond motifs is 1. The summed E-state index contributed by atoms with van der Waals surface area (Å²) in [5.74, 6) is 0.934. The van der Waals surface area contributed by atoms with Crippen LogP contribution in [0.1, 0.15) is 30.4 Å². The molecule has 2 N–H and O–H groups in total. The van der Waals surface area contributed by atoms with Gasteiger partial charge in [0.15, 0.2) is 0 Å². The van der Waals surface area contributed by atoms with Crippen molar-refractivity contribution in [3.05, 3.63) is 29.3 Å². The highest BCUT2D eigenvalue weighted by Crippen LogP contribution is 2.40. The van der Waals surface area contributed by atoms with Crippen LogP contribution >= 0.6 is 0 Å².